The lowest BCUT2D eigenvalue weighted by Crippen LogP contribution is -2.18. The Morgan fingerprint density at radius 2 is 2.06 bits per heavy atom. The number of anilines is 1. The first-order chi connectivity index (χ1) is 8.74. The molecule has 1 aromatic carbocycles. The maximum atomic E-state index is 11.7. The van der Waals surface area contributed by atoms with Gasteiger partial charge in [-0.2, -0.15) is 0 Å². The van der Waals surface area contributed by atoms with E-state index in [1.54, 1.807) is 6.07 Å². The molecule has 1 aromatic rings. The lowest BCUT2D eigenvalue weighted by Gasteiger charge is -2.20. The van der Waals surface area contributed by atoms with Crippen molar-refractivity contribution in [2.45, 2.75) is 38.1 Å². The summed E-state index contributed by atoms with van der Waals surface area (Å²) in [4.78, 5) is 11.7. The summed E-state index contributed by atoms with van der Waals surface area (Å²) in [5, 5.41) is 4.06. The van der Waals surface area contributed by atoms with Crippen LogP contribution >= 0.6 is 11.6 Å². The Morgan fingerprint density at radius 1 is 1.28 bits per heavy atom. The van der Waals surface area contributed by atoms with Crippen molar-refractivity contribution in [3.63, 3.8) is 0 Å². The third-order valence-electron chi connectivity index (χ3n) is 3.67. The fourth-order valence-corrected chi connectivity index (χ4v) is 2.90. The molecule has 0 saturated heterocycles. The second-order valence-corrected chi connectivity index (χ2v) is 5.38. The fourth-order valence-electron chi connectivity index (χ4n) is 2.68. The average molecular weight is 266 g/mol. The van der Waals surface area contributed by atoms with Crippen LogP contribution in [-0.4, -0.2) is 18.4 Å². The first-order valence-corrected chi connectivity index (χ1v) is 6.88. The van der Waals surface area contributed by atoms with Gasteiger partial charge in [-0.25, -0.2) is 0 Å². The zero-order valence-electron chi connectivity index (χ0n) is 10.2. The van der Waals surface area contributed by atoms with Crippen LogP contribution in [0.25, 0.3) is 0 Å². The predicted molar refractivity (Wildman–Crippen MR) is 71.8 cm³/mol. The Labute approximate surface area is 111 Å². The zero-order chi connectivity index (χ0) is 12.5. The molecule has 1 aliphatic carbocycles. The minimum Gasteiger partial charge on any atom is -0.492 e. The number of hydrogen-bond donors (Lipinski definition) is 1. The van der Waals surface area contributed by atoms with Crippen LogP contribution < -0.4 is 10.1 Å². The second-order valence-electron chi connectivity index (χ2n) is 4.98. The molecule has 0 amide bonds. The highest BCUT2D eigenvalue weighted by atomic mass is 35.5. The highest BCUT2D eigenvalue weighted by Crippen LogP contribution is 2.35. The molecule has 1 N–H and O–H groups in total. The van der Waals surface area contributed by atoms with Gasteiger partial charge in [0.05, 0.1) is 22.9 Å². The molecule has 1 fully saturated rings. The van der Waals surface area contributed by atoms with E-state index in [1.807, 2.05) is 6.07 Å². The third-order valence-corrected chi connectivity index (χ3v) is 3.98. The molecule has 0 radical (unpaired) electrons. The molecule has 3 nitrogen and oxygen atoms in total. The Bertz CT molecular complexity index is 481. The van der Waals surface area contributed by atoms with Gasteiger partial charge >= 0.3 is 0 Å². The van der Waals surface area contributed by atoms with E-state index in [9.17, 15) is 4.79 Å². The number of nitrogens with one attached hydrogen (secondary N) is 1. The first-order valence-electron chi connectivity index (χ1n) is 6.50. The third kappa shape index (κ3) is 2.19. The molecule has 1 aliphatic heterocycles. The molecule has 18 heavy (non-hydrogen) atoms. The van der Waals surface area contributed by atoms with Crippen LogP contribution in [0.15, 0.2) is 12.1 Å². The molecular formula is C14H16ClNO2. The van der Waals surface area contributed by atoms with Gasteiger partial charge in [-0.05, 0) is 18.9 Å². The number of carbonyl (C=O) groups is 1. The molecule has 96 valence electrons. The van der Waals surface area contributed by atoms with Crippen molar-refractivity contribution in [3.05, 3.63) is 22.7 Å². The normalized spacial score (nSPS) is 19.5. The van der Waals surface area contributed by atoms with Gasteiger partial charge in [0.25, 0.3) is 0 Å². The van der Waals surface area contributed by atoms with Crippen LogP contribution in [0.5, 0.6) is 5.75 Å². The summed E-state index contributed by atoms with van der Waals surface area (Å²) in [6, 6.07) is 4.10. The largest absolute Gasteiger partial charge is 0.492 e. The topological polar surface area (TPSA) is 38.3 Å². The molecular weight excluding hydrogens is 250 g/mol. The molecule has 2 aliphatic rings. The number of benzene rings is 1. The Morgan fingerprint density at radius 3 is 2.83 bits per heavy atom. The van der Waals surface area contributed by atoms with Gasteiger partial charge in [0.2, 0.25) is 0 Å². The van der Waals surface area contributed by atoms with Crippen molar-refractivity contribution in [3.8, 4) is 5.75 Å². The summed E-state index contributed by atoms with van der Waals surface area (Å²) in [5.41, 5.74) is 1.50. The number of ether oxygens (including phenoxy) is 1. The Kier molecular flexibility index (Phi) is 3.16. The van der Waals surface area contributed by atoms with Crippen LogP contribution in [0.3, 0.4) is 0 Å². The van der Waals surface area contributed by atoms with Gasteiger partial charge in [-0.15, -0.1) is 0 Å². The van der Waals surface area contributed by atoms with E-state index >= 15 is 0 Å². The van der Waals surface area contributed by atoms with Crippen molar-refractivity contribution in [1.29, 1.82) is 0 Å². The van der Waals surface area contributed by atoms with E-state index in [0.717, 1.165) is 5.69 Å². The highest BCUT2D eigenvalue weighted by Gasteiger charge is 2.22. The van der Waals surface area contributed by atoms with Crippen molar-refractivity contribution >= 4 is 23.1 Å². The minimum atomic E-state index is 0.116. The quantitative estimate of drug-likeness (QED) is 0.887. The van der Waals surface area contributed by atoms with Gasteiger partial charge in [0.1, 0.15) is 5.75 Å². The van der Waals surface area contributed by atoms with Gasteiger partial charge in [0.15, 0.2) is 5.78 Å². The van der Waals surface area contributed by atoms with E-state index < -0.39 is 0 Å². The van der Waals surface area contributed by atoms with Crippen LogP contribution in [0.4, 0.5) is 5.69 Å². The van der Waals surface area contributed by atoms with Crippen LogP contribution in [0, 0.1) is 0 Å². The summed E-state index contributed by atoms with van der Waals surface area (Å²) in [6.07, 6.45) is 5.36. The summed E-state index contributed by atoms with van der Waals surface area (Å²) in [7, 11) is 0. The van der Waals surface area contributed by atoms with E-state index in [-0.39, 0.29) is 5.78 Å². The van der Waals surface area contributed by atoms with Crippen LogP contribution in [-0.2, 0) is 0 Å². The number of hydrogen-bond acceptors (Lipinski definition) is 3. The van der Waals surface area contributed by atoms with Gasteiger partial charge in [0, 0.05) is 18.5 Å². The minimum absolute atomic E-state index is 0.116. The van der Waals surface area contributed by atoms with Crippen LogP contribution in [0.1, 0.15) is 42.5 Å². The maximum absolute atomic E-state index is 11.7. The standard InChI is InChI=1S/C14H16ClNO2/c15-11-7-10-13(17)5-6-18-14(10)8-12(11)16-9-3-1-2-4-9/h7-9,16H,1-6H2. The Hall–Kier alpha value is -1.22. The number of ketones is 1. The molecule has 0 aromatic heterocycles. The van der Waals surface area contributed by atoms with Crippen molar-refractivity contribution < 1.29 is 9.53 Å². The maximum Gasteiger partial charge on any atom is 0.170 e. The molecule has 0 bridgehead atoms. The second kappa shape index (κ2) is 4.81. The van der Waals surface area contributed by atoms with Gasteiger partial charge in [-0.3, -0.25) is 4.79 Å². The molecule has 1 heterocycles. The molecule has 0 unspecified atom stereocenters. The summed E-state index contributed by atoms with van der Waals surface area (Å²) in [5.74, 6) is 0.779. The number of Topliss-reactive ketones (excluding diaryl/α,β-unsaturated/α-hetero) is 1. The van der Waals surface area contributed by atoms with E-state index in [1.165, 1.54) is 25.7 Å². The molecule has 0 atom stereocenters. The molecule has 3 rings (SSSR count). The number of rotatable bonds is 2. The summed E-state index contributed by atoms with van der Waals surface area (Å²) in [6.45, 7) is 0.469. The first kappa shape index (κ1) is 11.8. The predicted octanol–water partition coefficient (Wildman–Crippen LogP) is 3.66. The fraction of sp³-hybridized carbons (Fsp3) is 0.500. The summed E-state index contributed by atoms with van der Waals surface area (Å²) >= 11 is 6.23. The van der Waals surface area contributed by atoms with E-state index in [2.05, 4.69) is 5.32 Å². The zero-order valence-corrected chi connectivity index (χ0v) is 10.9. The number of fused-ring (bicyclic) bond motifs is 1. The van der Waals surface area contributed by atoms with Crippen molar-refractivity contribution in [2.75, 3.05) is 11.9 Å². The lowest BCUT2D eigenvalue weighted by molar-refractivity contribution is 0.0933. The number of halogens is 1. The Balaban J connectivity index is 1.88. The van der Waals surface area contributed by atoms with Crippen molar-refractivity contribution in [2.24, 2.45) is 0 Å². The smallest absolute Gasteiger partial charge is 0.170 e. The number of carbonyl (C=O) groups excluding carboxylic acids is 1. The van der Waals surface area contributed by atoms with E-state index in [4.69, 9.17) is 16.3 Å². The SMILES string of the molecule is O=C1CCOc2cc(NC3CCCC3)c(Cl)cc21. The van der Waals surface area contributed by atoms with Crippen LogP contribution in [0.2, 0.25) is 5.02 Å². The summed E-state index contributed by atoms with van der Waals surface area (Å²) < 4.78 is 5.53. The van der Waals surface area contributed by atoms with E-state index in [0.29, 0.717) is 35.4 Å². The van der Waals surface area contributed by atoms with Crippen molar-refractivity contribution in [1.82, 2.24) is 0 Å². The molecule has 4 heteroatoms. The highest BCUT2D eigenvalue weighted by molar-refractivity contribution is 6.33. The molecule has 1 saturated carbocycles. The van der Waals surface area contributed by atoms with Gasteiger partial charge in [-0.1, -0.05) is 24.4 Å². The van der Waals surface area contributed by atoms with Gasteiger partial charge < -0.3 is 10.1 Å². The molecule has 0 spiro atoms. The lowest BCUT2D eigenvalue weighted by atomic mass is 10.0. The average Bonchev–Trinajstić information content (AvgIpc) is 2.84. The monoisotopic (exact) mass is 265 g/mol.